The smallest absolute Gasteiger partial charge is 0.122 e. The predicted octanol–water partition coefficient (Wildman–Crippen LogP) is 0.219. The normalized spacial score (nSPS) is 13.4. The minimum absolute atomic E-state index is 0.923. The average molecular weight is 115 g/mol. The molecule has 0 aliphatic heterocycles. The maximum Gasteiger partial charge on any atom is 0.122 e. The van der Waals surface area contributed by atoms with Gasteiger partial charge in [-0.2, -0.15) is 0 Å². The summed E-state index contributed by atoms with van der Waals surface area (Å²) < 4.78 is 0. The third-order valence-electron chi connectivity index (χ3n) is 1.26. The highest BCUT2D eigenvalue weighted by molar-refractivity contribution is 4.99. The van der Waals surface area contributed by atoms with Crippen molar-refractivity contribution in [1.82, 2.24) is 0 Å². The lowest BCUT2D eigenvalue weighted by Gasteiger charge is -1.95. The molecule has 0 aromatic carbocycles. The van der Waals surface area contributed by atoms with Crippen molar-refractivity contribution in [3.8, 4) is 0 Å². The van der Waals surface area contributed by atoms with Crippen molar-refractivity contribution in [2.45, 2.75) is 26.7 Å². The summed E-state index contributed by atoms with van der Waals surface area (Å²) in [5.74, 6) is 0. The molecule has 8 heavy (non-hydrogen) atoms. The maximum absolute atomic E-state index is 5.54. The van der Waals surface area contributed by atoms with Crippen LogP contribution in [-0.2, 0) is 0 Å². The average Bonchev–Trinajstić information content (AvgIpc) is 1.84. The number of rotatable bonds is 2. The van der Waals surface area contributed by atoms with Gasteiger partial charge in [0.2, 0.25) is 0 Å². The fourth-order valence-corrected chi connectivity index (χ4v) is 0.477. The molecule has 0 rings (SSSR count). The predicted molar refractivity (Wildman–Crippen MR) is 34.7 cm³/mol. The lowest BCUT2D eigenvalue weighted by molar-refractivity contribution is -0.308. The summed E-state index contributed by atoms with van der Waals surface area (Å²) in [7, 11) is 0. The van der Waals surface area contributed by atoms with Crippen LogP contribution in [0.1, 0.15) is 26.7 Å². The van der Waals surface area contributed by atoms with Crippen LogP contribution in [0.3, 0.4) is 0 Å². The van der Waals surface area contributed by atoms with E-state index in [0.717, 1.165) is 24.2 Å². The molecule has 0 heterocycles. The van der Waals surface area contributed by atoms with Gasteiger partial charge in [-0.25, -0.2) is 0 Å². The molecule has 0 amide bonds. The third-order valence-corrected chi connectivity index (χ3v) is 1.26. The molecule has 0 aliphatic carbocycles. The van der Waals surface area contributed by atoms with Crippen LogP contribution in [0.25, 0.3) is 0 Å². The van der Waals surface area contributed by atoms with Crippen molar-refractivity contribution in [3.63, 3.8) is 0 Å². The Morgan fingerprint density at radius 2 is 1.88 bits per heavy atom. The van der Waals surface area contributed by atoms with Crippen LogP contribution in [0.5, 0.6) is 0 Å². The second-order valence-electron chi connectivity index (χ2n) is 1.84. The maximum atomic E-state index is 5.54. The summed E-state index contributed by atoms with van der Waals surface area (Å²) in [6, 6.07) is 0. The Kier molecular flexibility index (Phi) is 3.28. The van der Waals surface area contributed by atoms with Gasteiger partial charge in [0.05, 0.1) is 5.70 Å². The molecule has 2 heteroatoms. The quantitative estimate of drug-likeness (QED) is 0.531. The molecule has 2 nitrogen and oxygen atoms in total. The van der Waals surface area contributed by atoms with Crippen LogP contribution < -0.4 is 11.5 Å². The van der Waals surface area contributed by atoms with Gasteiger partial charge in [0.25, 0.3) is 0 Å². The van der Waals surface area contributed by atoms with E-state index in [9.17, 15) is 0 Å². The van der Waals surface area contributed by atoms with E-state index in [0.29, 0.717) is 0 Å². The molecular weight excluding hydrogens is 100 g/mol. The summed E-state index contributed by atoms with van der Waals surface area (Å²) in [5, 5.41) is 0. The first kappa shape index (κ1) is 7.50. The Labute approximate surface area is 50.6 Å². The molecule has 0 atom stereocenters. The monoisotopic (exact) mass is 115 g/mol. The topological polar surface area (TPSA) is 53.7 Å². The van der Waals surface area contributed by atoms with Crippen molar-refractivity contribution in [1.29, 1.82) is 0 Å². The van der Waals surface area contributed by atoms with Gasteiger partial charge in [-0.1, -0.05) is 13.8 Å². The molecule has 0 saturated heterocycles. The first-order valence-corrected chi connectivity index (χ1v) is 3.01. The summed E-state index contributed by atoms with van der Waals surface area (Å²) in [6.07, 6.45) is 1.90. The first-order chi connectivity index (χ1) is 3.72. The fraction of sp³-hybridized carbons (Fsp3) is 0.667. The standard InChI is InChI=1S/C6H14N2/c1-3-5(7)6(8)4-2/h3-4,7-8H2,1-2H3/p+1. The van der Waals surface area contributed by atoms with Crippen LogP contribution >= 0.6 is 0 Å². The lowest BCUT2D eigenvalue weighted by Crippen LogP contribution is -2.49. The van der Waals surface area contributed by atoms with Gasteiger partial charge in [-0.05, 0) is 6.42 Å². The van der Waals surface area contributed by atoms with Gasteiger partial charge in [0.1, 0.15) is 5.70 Å². The molecule has 0 aromatic rings. The van der Waals surface area contributed by atoms with E-state index in [2.05, 4.69) is 12.7 Å². The molecule has 0 fully saturated rings. The van der Waals surface area contributed by atoms with Gasteiger partial charge >= 0.3 is 0 Å². The van der Waals surface area contributed by atoms with Gasteiger partial charge in [0.15, 0.2) is 0 Å². The highest BCUT2D eigenvalue weighted by Gasteiger charge is 1.94. The van der Waals surface area contributed by atoms with E-state index < -0.39 is 0 Å². The Morgan fingerprint density at radius 3 is 2.00 bits per heavy atom. The molecule has 0 spiro atoms. The van der Waals surface area contributed by atoms with Gasteiger partial charge < -0.3 is 11.5 Å². The minimum atomic E-state index is 0.923. The summed E-state index contributed by atoms with van der Waals surface area (Å²) in [5.41, 5.74) is 11.3. The number of hydrogen-bond acceptors (Lipinski definition) is 1. The highest BCUT2D eigenvalue weighted by Crippen LogP contribution is 1.96. The molecule has 0 unspecified atom stereocenters. The van der Waals surface area contributed by atoms with E-state index in [1.165, 1.54) is 0 Å². The van der Waals surface area contributed by atoms with Crippen LogP contribution in [0.4, 0.5) is 0 Å². The third kappa shape index (κ3) is 1.98. The van der Waals surface area contributed by atoms with Gasteiger partial charge in [0, 0.05) is 6.42 Å². The van der Waals surface area contributed by atoms with E-state index in [-0.39, 0.29) is 0 Å². The van der Waals surface area contributed by atoms with Crippen molar-refractivity contribution >= 4 is 0 Å². The SMILES string of the molecule is CCC(N)=C([NH3+])CC. The molecule has 0 radical (unpaired) electrons. The van der Waals surface area contributed by atoms with E-state index in [1.54, 1.807) is 0 Å². The fourth-order valence-electron chi connectivity index (χ4n) is 0.477. The van der Waals surface area contributed by atoms with Crippen molar-refractivity contribution in [2.75, 3.05) is 0 Å². The zero-order chi connectivity index (χ0) is 6.57. The van der Waals surface area contributed by atoms with Crippen LogP contribution in [0.15, 0.2) is 11.4 Å². The Bertz CT molecular complexity index is 82.7. The number of hydrogen-bond donors (Lipinski definition) is 2. The first-order valence-electron chi connectivity index (χ1n) is 3.01. The number of allylic oxidation sites excluding steroid dienone is 2. The minimum Gasteiger partial charge on any atom is -0.398 e. The van der Waals surface area contributed by atoms with Crippen molar-refractivity contribution in [2.24, 2.45) is 5.73 Å². The largest absolute Gasteiger partial charge is 0.398 e. The molecular formula is C6H15N2+. The van der Waals surface area contributed by atoms with Gasteiger partial charge in [-0.3, -0.25) is 0 Å². The van der Waals surface area contributed by atoms with Crippen molar-refractivity contribution < 1.29 is 5.73 Å². The summed E-state index contributed by atoms with van der Waals surface area (Å²) in [6.45, 7) is 4.10. The van der Waals surface area contributed by atoms with Crippen molar-refractivity contribution in [3.05, 3.63) is 11.4 Å². The van der Waals surface area contributed by atoms with Crippen LogP contribution in [0.2, 0.25) is 0 Å². The molecule has 0 bridgehead atoms. The second-order valence-corrected chi connectivity index (χ2v) is 1.84. The summed E-state index contributed by atoms with van der Waals surface area (Å²) >= 11 is 0. The van der Waals surface area contributed by atoms with E-state index in [1.807, 2.05) is 6.92 Å². The highest BCUT2D eigenvalue weighted by atomic mass is 14.7. The molecule has 0 saturated carbocycles. The van der Waals surface area contributed by atoms with E-state index >= 15 is 0 Å². The van der Waals surface area contributed by atoms with Crippen LogP contribution in [0, 0.1) is 0 Å². The summed E-state index contributed by atoms with van der Waals surface area (Å²) in [4.78, 5) is 0. The molecule has 0 aromatic heterocycles. The zero-order valence-corrected chi connectivity index (χ0v) is 5.70. The molecule has 5 N–H and O–H groups in total. The van der Waals surface area contributed by atoms with Gasteiger partial charge in [-0.15, -0.1) is 0 Å². The van der Waals surface area contributed by atoms with Crippen LogP contribution in [-0.4, -0.2) is 0 Å². The second kappa shape index (κ2) is 3.50. The lowest BCUT2D eigenvalue weighted by atomic mass is 10.2. The Balaban J connectivity index is 3.83. The molecule has 48 valence electrons. The zero-order valence-electron chi connectivity index (χ0n) is 5.70. The number of nitrogens with two attached hydrogens (primary N) is 1. The molecule has 0 aliphatic rings. The Hall–Kier alpha value is -0.500. The van der Waals surface area contributed by atoms with E-state index in [4.69, 9.17) is 5.73 Å². The number of quaternary nitrogens is 1. The Morgan fingerprint density at radius 1 is 1.38 bits per heavy atom.